The molecule has 21 heavy (non-hydrogen) atoms. The average molecular weight is 300 g/mol. The third-order valence-corrected chi connectivity index (χ3v) is 2.59. The van der Waals surface area contributed by atoms with Crippen LogP contribution in [0.3, 0.4) is 0 Å². The van der Waals surface area contributed by atoms with Crippen LogP contribution in [0.1, 0.15) is 10.5 Å². The van der Waals surface area contributed by atoms with Gasteiger partial charge in [0.25, 0.3) is 5.91 Å². The van der Waals surface area contributed by atoms with Gasteiger partial charge in [0, 0.05) is 25.4 Å². The molecule has 2 aromatic rings. The normalized spacial score (nSPS) is 10.7. The van der Waals surface area contributed by atoms with Crippen molar-refractivity contribution in [2.75, 3.05) is 12.8 Å². The first-order valence-electron chi connectivity index (χ1n) is 5.74. The predicted octanol–water partition coefficient (Wildman–Crippen LogP) is 1.55. The molecule has 0 aliphatic heterocycles. The zero-order chi connectivity index (χ0) is 15.6. The van der Waals surface area contributed by atoms with E-state index < -0.39 is 24.1 Å². The predicted molar refractivity (Wildman–Crippen MR) is 68.0 cm³/mol. The topological polar surface area (TPSA) is 82.2 Å². The second-order valence-corrected chi connectivity index (χ2v) is 3.94. The summed E-state index contributed by atoms with van der Waals surface area (Å²) in [6.45, 7) is -3.17. The zero-order valence-electron chi connectivity index (χ0n) is 10.8. The molecule has 1 heterocycles. The molecular formula is C12H11F3N4O2. The number of nitrogens with zero attached hydrogens (tertiary/aromatic N) is 2. The third kappa shape index (κ3) is 3.07. The highest BCUT2D eigenvalue weighted by atomic mass is 19.3. The van der Waals surface area contributed by atoms with Crippen LogP contribution < -0.4 is 15.8 Å². The lowest BCUT2D eigenvalue weighted by Crippen LogP contribution is -2.18. The van der Waals surface area contributed by atoms with Crippen LogP contribution in [0.2, 0.25) is 0 Å². The van der Waals surface area contributed by atoms with E-state index in [4.69, 9.17) is 5.73 Å². The lowest BCUT2D eigenvalue weighted by atomic mass is 10.2. The summed E-state index contributed by atoms with van der Waals surface area (Å²) in [4.78, 5) is 11.4. The maximum absolute atomic E-state index is 13.5. The fourth-order valence-corrected chi connectivity index (χ4v) is 1.65. The maximum Gasteiger partial charge on any atom is 0.387 e. The molecule has 1 amide bonds. The van der Waals surface area contributed by atoms with Crippen molar-refractivity contribution in [2.45, 2.75) is 6.61 Å². The quantitative estimate of drug-likeness (QED) is 0.839. The second kappa shape index (κ2) is 5.73. The Bertz CT molecular complexity index is 673. The van der Waals surface area contributed by atoms with E-state index in [0.717, 1.165) is 16.8 Å². The van der Waals surface area contributed by atoms with Gasteiger partial charge in [-0.1, -0.05) is 0 Å². The Balaban J connectivity index is 2.43. The minimum atomic E-state index is -3.17. The molecule has 6 nitrogen and oxygen atoms in total. The van der Waals surface area contributed by atoms with Gasteiger partial charge >= 0.3 is 6.61 Å². The van der Waals surface area contributed by atoms with E-state index in [1.54, 1.807) is 0 Å². The lowest BCUT2D eigenvalue weighted by Gasteiger charge is -2.11. The highest BCUT2D eigenvalue weighted by molar-refractivity contribution is 5.91. The SMILES string of the molecule is CNC(=O)c1ccn(-c2cc(OC(F)F)c(F)cc2N)n1. The third-order valence-electron chi connectivity index (χ3n) is 2.59. The summed E-state index contributed by atoms with van der Waals surface area (Å²) in [5.41, 5.74) is 5.79. The van der Waals surface area contributed by atoms with Crippen molar-refractivity contribution in [1.82, 2.24) is 15.1 Å². The number of benzene rings is 1. The zero-order valence-corrected chi connectivity index (χ0v) is 10.8. The van der Waals surface area contributed by atoms with E-state index in [9.17, 15) is 18.0 Å². The first-order chi connectivity index (χ1) is 9.92. The van der Waals surface area contributed by atoms with E-state index in [2.05, 4.69) is 15.2 Å². The van der Waals surface area contributed by atoms with Gasteiger partial charge in [-0.15, -0.1) is 0 Å². The summed E-state index contributed by atoms with van der Waals surface area (Å²) in [7, 11) is 1.43. The highest BCUT2D eigenvalue weighted by Crippen LogP contribution is 2.28. The van der Waals surface area contributed by atoms with Crippen molar-refractivity contribution in [3.05, 3.63) is 35.9 Å². The number of nitrogens with two attached hydrogens (primary N) is 1. The van der Waals surface area contributed by atoms with Crippen molar-refractivity contribution >= 4 is 11.6 Å². The van der Waals surface area contributed by atoms with Crippen molar-refractivity contribution in [3.63, 3.8) is 0 Å². The Morgan fingerprint density at radius 3 is 2.81 bits per heavy atom. The average Bonchev–Trinajstić information content (AvgIpc) is 2.90. The van der Waals surface area contributed by atoms with Crippen LogP contribution in [-0.2, 0) is 0 Å². The minimum absolute atomic E-state index is 0.0410. The van der Waals surface area contributed by atoms with Gasteiger partial charge in [-0.05, 0) is 6.07 Å². The van der Waals surface area contributed by atoms with Crippen LogP contribution in [0.5, 0.6) is 5.75 Å². The Morgan fingerprint density at radius 2 is 2.19 bits per heavy atom. The summed E-state index contributed by atoms with van der Waals surface area (Å²) in [6.07, 6.45) is 1.39. The number of alkyl halides is 2. The molecule has 1 aromatic heterocycles. The highest BCUT2D eigenvalue weighted by Gasteiger charge is 2.16. The molecule has 0 atom stereocenters. The largest absolute Gasteiger partial charge is 0.432 e. The number of amides is 1. The molecule has 9 heteroatoms. The molecule has 0 unspecified atom stereocenters. The Labute approximate surface area is 117 Å². The summed E-state index contributed by atoms with van der Waals surface area (Å²) in [5, 5.41) is 6.30. The second-order valence-electron chi connectivity index (χ2n) is 3.94. The molecule has 2 rings (SSSR count). The molecule has 0 saturated heterocycles. The number of nitrogen functional groups attached to an aromatic ring is 1. The van der Waals surface area contributed by atoms with Crippen LogP contribution in [0.15, 0.2) is 24.4 Å². The number of hydrogen-bond acceptors (Lipinski definition) is 4. The smallest absolute Gasteiger partial charge is 0.387 e. The van der Waals surface area contributed by atoms with E-state index in [0.29, 0.717) is 0 Å². The van der Waals surface area contributed by atoms with Crippen LogP contribution >= 0.6 is 0 Å². The summed E-state index contributed by atoms with van der Waals surface area (Å²) in [6, 6.07) is 3.22. The van der Waals surface area contributed by atoms with Gasteiger partial charge in [0.05, 0.1) is 11.4 Å². The summed E-state index contributed by atoms with van der Waals surface area (Å²) < 4.78 is 43.1. The number of anilines is 1. The number of aromatic nitrogens is 2. The molecule has 1 aromatic carbocycles. The van der Waals surface area contributed by atoms with E-state index in [1.165, 1.54) is 19.3 Å². The van der Waals surface area contributed by atoms with Crippen LogP contribution in [0.4, 0.5) is 18.9 Å². The van der Waals surface area contributed by atoms with Crippen molar-refractivity contribution in [3.8, 4) is 11.4 Å². The van der Waals surface area contributed by atoms with Crippen molar-refractivity contribution < 1.29 is 22.7 Å². The van der Waals surface area contributed by atoms with Gasteiger partial charge in [0.15, 0.2) is 17.3 Å². The number of nitrogens with one attached hydrogen (secondary N) is 1. The van der Waals surface area contributed by atoms with Gasteiger partial charge in [-0.25, -0.2) is 9.07 Å². The van der Waals surface area contributed by atoms with Crippen LogP contribution in [0.25, 0.3) is 5.69 Å². The fraction of sp³-hybridized carbons (Fsp3) is 0.167. The number of halogens is 3. The Kier molecular flexibility index (Phi) is 4.01. The molecule has 0 spiro atoms. The molecule has 3 N–H and O–H groups in total. The molecule has 0 saturated carbocycles. The molecular weight excluding hydrogens is 289 g/mol. The molecule has 112 valence electrons. The molecule has 0 fully saturated rings. The number of ether oxygens (including phenoxy) is 1. The van der Waals surface area contributed by atoms with Crippen molar-refractivity contribution in [1.29, 1.82) is 0 Å². The van der Waals surface area contributed by atoms with Gasteiger partial charge in [-0.2, -0.15) is 13.9 Å². The Hall–Kier alpha value is -2.71. The fourth-order valence-electron chi connectivity index (χ4n) is 1.65. The Morgan fingerprint density at radius 1 is 1.48 bits per heavy atom. The molecule has 0 radical (unpaired) electrons. The van der Waals surface area contributed by atoms with E-state index in [1.807, 2.05) is 0 Å². The minimum Gasteiger partial charge on any atom is -0.432 e. The van der Waals surface area contributed by atoms with E-state index >= 15 is 0 Å². The van der Waals surface area contributed by atoms with E-state index in [-0.39, 0.29) is 17.1 Å². The van der Waals surface area contributed by atoms with Gasteiger partial charge < -0.3 is 15.8 Å². The van der Waals surface area contributed by atoms with Crippen LogP contribution in [0, 0.1) is 5.82 Å². The molecule has 0 aliphatic carbocycles. The first kappa shape index (κ1) is 14.7. The number of hydrogen-bond donors (Lipinski definition) is 2. The van der Waals surface area contributed by atoms with Crippen molar-refractivity contribution in [2.24, 2.45) is 0 Å². The monoisotopic (exact) mass is 300 g/mol. The van der Waals surface area contributed by atoms with Crippen LogP contribution in [-0.4, -0.2) is 29.3 Å². The molecule has 0 bridgehead atoms. The van der Waals surface area contributed by atoms with Gasteiger partial charge in [0.2, 0.25) is 0 Å². The first-order valence-corrected chi connectivity index (χ1v) is 5.74. The summed E-state index contributed by atoms with van der Waals surface area (Å²) in [5.74, 6) is -2.11. The number of carbonyl (C=O) groups excluding carboxylic acids is 1. The number of carbonyl (C=O) groups is 1. The van der Waals surface area contributed by atoms with Gasteiger partial charge in [0.1, 0.15) is 0 Å². The molecule has 0 aliphatic rings. The van der Waals surface area contributed by atoms with Gasteiger partial charge in [-0.3, -0.25) is 4.79 Å². The summed E-state index contributed by atoms with van der Waals surface area (Å²) >= 11 is 0. The maximum atomic E-state index is 13.5. The standard InChI is InChI=1S/C12H11F3N4O2/c1-17-11(20)8-2-3-19(18-8)9-5-10(21-12(14)15)6(13)4-7(9)16/h2-5,12H,16H2,1H3,(H,17,20). The lowest BCUT2D eigenvalue weighted by molar-refractivity contribution is -0.0521. The number of rotatable bonds is 4.